The Morgan fingerprint density at radius 1 is 0.227 bits per heavy atom. The monoisotopic (exact) mass is 566 g/mol. The van der Waals surface area contributed by atoms with E-state index in [9.17, 15) is 10.2 Å². The van der Waals surface area contributed by atoms with E-state index in [1.165, 1.54) is 0 Å². The first-order chi connectivity index (χ1) is 21.7. The molecule has 0 aliphatic rings. The molecule has 7 rings (SSSR count). The van der Waals surface area contributed by atoms with E-state index >= 15 is 0 Å². The Balaban J connectivity index is 1.85. The van der Waals surface area contributed by atoms with Crippen LogP contribution in [0.25, 0.3) is 66.8 Å². The Morgan fingerprint density at radius 3 is 0.727 bits per heavy atom. The predicted molar refractivity (Wildman–Crippen MR) is 182 cm³/mol. The quantitative estimate of drug-likeness (QED) is 0.210. The first-order valence-corrected chi connectivity index (χ1v) is 14.7. The van der Waals surface area contributed by atoms with Gasteiger partial charge in [0.25, 0.3) is 0 Å². The third-order valence-electron chi connectivity index (χ3n) is 8.10. The van der Waals surface area contributed by atoms with Crippen LogP contribution in [-0.2, 0) is 0 Å². The maximum Gasteiger partial charge on any atom is 0.123 e. The summed E-state index contributed by atoms with van der Waals surface area (Å²) in [7, 11) is 0. The molecule has 0 saturated heterocycles. The lowest BCUT2D eigenvalue weighted by atomic mass is 9.74. The van der Waals surface area contributed by atoms with Crippen molar-refractivity contribution < 1.29 is 10.2 Å². The second-order valence-corrected chi connectivity index (χ2v) is 10.7. The van der Waals surface area contributed by atoms with Gasteiger partial charge in [-0.1, -0.05) is 158 Å². The van der Waals surface area contributed by atoms with Gasteiger partial charge in [-0.2, -0.15) is 0 Å². The highest BCUT2D eigenvalue weighted by Gasteiger charge is 2.30. The molecule has 2 N–H and O–H groups in total. The summed E-state index contributed by atoms with van der Waals surface area (Å²) in [5.41, 5.74) is 11.3. The van der Waals surface area contributed by atoms with E-state index in [1.807, 2.05) is 84.9 Å². The van der Waals surface area contributed by atoms with Crippen molar-refractivity contribution in [3.05, 3.63) is 170 Å². The molecule has 7 aromatic rings. The Bertz CT molecular complexity index is 1900. The molecule has 0 fully saturated rings. The van der Waals surface area contributed by atoms with E-state index in [0.29, 0.717) is 11.1 Å². The average molecular weight is 567 g/mol. The molecule has 0 aliphatic carbocycles. The molecule has 0 radical (unpaired) electrons. The van der Waals surface area contributed by atoms with Crippen molar-refractivity contribution in [2.75, 3.05) is 0 Å². The Labute approximate surface area is 257 Å². The molecule has 0 unspecified atom stereocenters. The summed E-state index contributed by atoms with van der Waals surface area (Å²) in [6, 6.07) is 56.6. The number of aromatic hydroxyl groups is 2. The van der Waals surface area contributed by atoms with E-state index in [-0.39, 0.29) is 11.5 Å². The Hall–Kier alpha value is -5.86. The molecule has 2 nitrogen and oxygen atoms in total. The third kappa shape index (κ3) is 4.83. The standard InChI is InChI=1S/C42H30O2/c43-35-27-15-13-25-33(35)41-39(31-21-9-3-10-22-31)37(29-17-5-1-6-18-29)38(30-19-7-2-8-20-30)40(32-23-11-4-12-24-32)42(41)34-26-14-16-28-36(34)44/h1-28,43-44H. The summed E-state index contributed by atoms with van der Waals surface area (Å²) in [4.78, 5) is 0. The van der Waals surface area contributed by atoms with Gasteiger partial charge in [0.05, 0.1) is 0 Å². The number of hydrogen-bond donors (Lipinski definition) is 2. The van der Waals surface area contributed by atoms with Gasteiger partial charge >= 0.3 is 0 Å². The lowest BCUT2D eigenvalue weighted by Gasteiger charge is -2.29. The van der Waals surface area contributed by atoms with E-state index < -0.39 is 0 Å². The molecule has 0 spiro atoms. The van der Waals surface area contributed by atoms with Gasteiger partial charge in [-0.05, 0) is 56.6 Å². The summed E-state index contributed by atoms with van der Waals surface area (Å²) in [6.45, 7) is 0. The lowest BCUT2D eigenvalue weighted by Crippen LogP contribution is -2.02. The third-order valence-corrected chi connectivity index (χ3v) is 8.10. The molecular formula is C42H30O2. The van der Waals surface area contributed by atoms with Crippen molar-refractivity contribution in [2.45, 2.75) is 0 Å². The van der Waals surface area contributed by atoms with Crippen molar-refractivity contribution in [1.82, 2.24) is 0 Å². The van der Waals surface area contributed by atoms with Crippen molar-refractivity contribution in [1.29, 1.82) is 0 Å². The molecule has 0 bridgehead atoms. The zero-order valence-corrected chi connectivity index (χ0v) is 24.1. The number of para-hydroxylation sites is 2. The van der Waals surface area contributed by atoms with Gasteiger partial charge < -0.3 is 10.2 Å². The number of phenols is 2. The first kappa shape index (κ1) is 27.0. The van der Waals surface area contributed by atoms with Crippen LogP contribution in [0.1, 0.15) is 0 Å². The largest absolute Gasteiger partial charge is 0.507 e. The summed E-state index contributed by atoms with van der Waals surface area (Å²) in [5, 5.41) is 23.0. The van der Waals surface area contributed by atoms with E-state index in [2.05, 4.69) is 72.8 Å². The van der Waals surface area contributed by atoms with Gasteiger partial charge in [0, 0.05) is 22.3 Å². The van der Waals surface area contributed by atoms with Crippen LogP contribution in [0.2, 0.25) is 0 Å². The van der Waals surface area contributed by atoms with Crippen LogP contribution >= 0.6 is 0 Å². The summed E-state index contributed by atoms with van der Waals surface area (Å²) < 4.78 is 0. The van der Waals surface area contributed by atoms with Crippen molar-refractivity contribution in [3.63, 3.8) is 0 Å². The molecule has 210 valence electrons. The van der Waals surface area contributed by atoms with Crippen LogP contribution in [-0.4, -0.2) is 10.2 Å². The highest BCUT2D eigenvalue weighted by Crippen LogP contribution is 2.57. The molecule has 44 heavy (non-hydrogen) atoms. The molecule has 0 amide bonds. The highest BCUT2D eigenvalue weighted by molar-refractivity contribution is 6.15. The summed E-state index contributed by atoms with van der Waals surface area (Å²) in [5.74, 6) is 0.346. The topological polar surface area (TPSA) is 40.5 Å². The molecule has 0 saturated carbocycles. The Morgan fingerprint density at radius 2 is 0.455 bits per heavy atom. The van der Waals surface area contributed by atoms with Gasteiger partial charge in [-0.3, -0.25) is 0 Å². The fourth-order valence-corrected chi connectivity index (χ4v) is 6.23. The molecule has 7 aromatic carbocycles. The Kier molecular flexibility index (Phi) is 7.24. The number of phenolic OH excluding ortho intramolecular Hbond substituents is 2. The minimum Gasteiger partial charge on any atom is -0.507 e. The van der Waals surface area contributed by atoms with Gasteiger partial charge in [0.1, 0.15) is 11.5 Å². The van der Waals surface area contributed by atoms with Crippen LogP contribution in [0.15, 0.2) is 170 Å². The fraction of sp³-hybridized carbons (Fsp3) is 0. The molecule has 0 atom stereocenters. The van der Waals surface area contributed by atoms with Gasteiger partial charge in [-0.25, -0.2) is 0 Å². The SMILES string of the molecule is Oc1ccccc1-c1c(-c2ccccc2)c(-c2ccccc2)c(-c2ccccc2)c(-c2ccccc2)c1-c1ccccc1O. The van der Waals surface area contributed by atoms with Gasteiger partial charge in [0.2, 0.25) is 0 Å². The zero-order chi connectivity index (χ0) is 29.9. The summed E-state index contributed by atoms with van der Waals surface area (Å²) in [6.07, 6.45) is 0. The van der Waals surface area contributed by atoms with Crippen LogP contribution in [0, 0.1) is 0 Å². The first-order valence-electron chi connectivity index (χ1n) is 14.7. The number of hydrogen-bond acceptors (Lipinski definition) is 2. The number of benzene rings is 7. The van der Waals surface area contributed by atoms with E-state index in [0.717, 1.165) is 55.6 Å². The fourth-order valence-electron chi connectivity index (χ4n) is 6.23. The number of rotatable bonds is 6. The average Bonchev–Trinajstić information content (AvgIpc) is 3.09. The van der Waals surface area contributed by atoms with Crippen molar-refractivity contribution >= 4 is 0 Å². The second-order valence-electron chi connectivity index (χ2n) is 10.7. The van der Waals surface area contributed by atoms with Gasteiger partial charge in [-0.15, -0.1) is 0 Å². The van der Waals surface area contributed by atoms with Crippen molar-refractivity contribution in [3.8, 4) is 78.3 Å². The molecule has 2 heteroatoms. The maximum atomic E-state index is 11.5. The smallest absolute Gasteiger partial charge is 0.123 e. The van der Waals surface area contributed by atoms with Crippen LogP contribution in [0.3, 0.4) is 0 Å². The minimum absolute atomic E-state index is 0.173. The predicted octanol–water partition coefficient (Wildman–Crippen LogP) is 11.1. The van der Waals surface area contributed by atoms with Crippen LogP contribution in [0.4, 0.5) is 0 Å². The normalized spacial score (nSPS) is 10.9. The van der Waals surface area contributed by atoms with Crippen LogP contribution in [0.5, 0.6) is 11.5 Å². The van der Waals surface area contributed by atoms with Crippen molar-refractivity contribution in [2.24, 2.45) is 0 Å². The molecule has 0 aliphatic heterocycles. The minimum atomic E-state index is 0.173. The second kappa shape index (κ2) is 11.8. The van der Waals surface area contributed by atoms with Crippen LogP contribution < -0.4 is 0 Å². The molecular weight excluding hydrogens is 536 g/mol. The molecule has 0 heterocycles. The zero-order valence-electron chi connectivity index (χ0n) is 24.1. The van der Waals surface area contributed by atoms with Gasteiger partial charge in [0.15, 0.2) is 0 Å². The lowest BCUT2D eigenvalue weighted by molar-refractivity contribution is 0.476. The molecule has 0 aromatic heterocycles. The van der Waals surface area contributed by atoms with E-state index in [4.69, 9.17) is 0 Å². The maximum absolute atomic E-state index is 11.5. The summed E-state index contributed by atoms with van der Waals surface area (Å²) >= 11 is 0. The van der Waals surface area contributed by atoms with E-state index in [1.54, 1.807) is 12.1 Å². The highest BCUT2D eigenvalue weighted by atomic mass is 16.3.